The van der Waals surface area contributed by atoms with Gasteiger partial charge < -0.3 is 9.84 Å². The molecule has 0 radical (unpaired) electrons. The van der Waals surface area contributed by atoms with E-state index in [-0.39, 0.29) is 36.4 Å². The minimum atomic E-state index is -4.46. The number of benzene rings is 1. The van der Waals surface area contributed by atoms with E-state index >= 15 is 0 Å². The Kier molecular flexibility index (Phi) is 6.04. The van der Waals surface area contributed by atoms with Gasteiger partial charge in [-0.25, -0.2) is 14.4 Å². The molecule has 0 aliphatic heterocycles. The fraction of sp³-hybridized carbons (Fsp3) is 0.320. The monoisotopic (exact) mass is 514 g/mol. The van der Waals surface area contributed by atoms with Gasteiger partial charge in [0.1, 0.15) is 17.1 Å². The van der Waals surface area contributed by atoms with E-state index in [4.69, 9.17) is 4.52 Å². The Morgan fingerprint density at radius 3 is 2.46 bits per heavy atom. The van der Waals surface area contributed by atoms with Crippen LogP contribution in [0.3, 0.4) is 0 Å². The van der Waals surface area contributed by atoms with Crippen LogP contribution in [0.1, 0.15) is 41.2 Å². The number of carbonyl (C=O) groups is 1. The zero-order valence-electron chi connectivity index (χ0n) is 19.9. The van der Waals surface area contributed by atoms with Gasteiger partial charge in [0.15, 0.2) is 11.6 Å². The maximum Gasteiger partial charge on any atom is 0.401 e. The molecule has 0 bridgehead atoms. The van der Waals surface area contributed by atoms with Crippen molar-refractivity contribution in [3.8, 4) is 11.1 Å². The summed E-state index contributed by atoms with van der Waals surface area (Å²) in [6, 6.07) is 5.45. The molecular weight excluding hydrogens is 492 g/mol. The van der Waals surface area contributed by atoms with Gasteiger partial charge in [0.25, 0.3) is 0 Å². The number of hydrogen-bond donors (Lipinski definition) is 1. The summed E-state index contributed by atoms with van der Waals surface area (Å²) >= 11 is 0. The summed E-state index contributed by atoms with van der Waals surface area (Å²) < 4.78 is 61.0. The first-order chi connectivity index (χ1) is 17.5. The van der Waals surface area contributed by atoms with Crippen LogP contribution in [0.5, 0.6) is 0 Å². The van der Waals surface area contributed by atoms with Crippen molar-refractivity contribution in [2.24, 2.45) is 7.05 Å². The molecule has 4 aromatic rings. The van der Waals surface area contributed by atoms with Crippen molar-refractivity contribution in [1.82, 2.24) is 24.9 Å². The van der Waals surface area contributed by atoms with E-state index in [1.165, 1.54) is 12.1 Å². The number of hydrogen-bond acceptors (Lipinski definition) is 6. The Morgan fingerprint density at radius 1 is 1.14 bits per heavy atom. The highest BCUT2D eigenvalue weighted by atomic mass is 19.4. The first kappa shape index (κ1) is 24.6. The number of nitrogens with zero attached hydrogens (tertiary/aromatic N) is 5. The van der Waals surface area contributed by atoms with Gasteiger partial charge in [-0.3, -0.25) is 9.48 Å². The number of aromatic nitrogens is 5. The largest absolute Gasteiger partial charge is 0.401 e. The molecule has 0 unspecified atom stereocenters. The van der Waals surface area contributed by atoms with E-state index in [1.54, 1.807) is 23.1 Å². The smallest absolute Gasteiger partial charge is 0.358 e. The van der Waals surface area contributed by atoms with Gasteiger partial charge in [0, 0.05) is 49.3 Å². The molecule has 0 saturated heterocycles. The zero-order chi connectivity index (χ0) is 26.4. The molecule has 1 saturated carbocycles. The van der Waals surface area contributed by atoms with E-state index in [2.05, 4.69) is 25.5 Å². The Labute approximate surface area is 208 Å². The van der Waals surface area contributed by atoms with Crippen molar-refractivity contribution in [3.63, 3.8) is 0 Å². The highest BCUT2D eigenvalue weighted by Gasteiger charge is 2.66. The summed E-state index contributed by atoms with van der Waals surface area (Å²) in [4.78, 5) is 21.1. The van der Waals surface area contributed by atoms with Crippen LogP contribution < -0.4 is 5.32 Å². The number of rotatable bonds is 7. The minimum Gasteiger partial charge on any atom is -0.358 e. The Bertz CT molecular complexity index is 1450. The Hall–Kier alpha value is -4.09. The lowest BCUT2D eigenvalue weighted by molar-refractivity contribution is -0.165. The molecule has 192 valence electrons. The van der Waals surface area contributed by atoms with Crippen molar-refractivity contribution < 1.29 is 26.9 Å². The lowest BCUT2D eigenvalue weighted by Crippen LogP contribution is -2.28. The van der Waals surface area contributed by atoms with Gasteiger partial charge in [-0.05, 0) is 37.0 Å². The van der Waals surface area contributed by atoms with E-state index < -0.39 is 23.3 Å². The molecule has 3 aromatic heterocycles. The van der Waals surface area contributed by atoms with Crippen LogP contribution >= 0.6 is 0 Å². The van der Waals surface area contributed by atoms with Crippen LogP contribution in [0.4, 0.5) is 23.4 Å². The topological polar surface area (TPSA) is 98.7 Å². The van der Waals surface area contributed by atoms with Crippen molar-refractivity contribution >= 4 is 11.7 Å². The fourth-order valence-electron chi connectivity index (χ4n) is 4.17. The summed E-state index contributed by atoms with van der Waals surface area (Å²) in [5, 5.41) is 10.2. The normalized spacial score (nSPS) is 14.5. The number of nitrogens with one attached hydrogen (secondary N) is 1. The van der Waals surface area contributed by atoms with Crippen molar-refractivity contribution in [2.75, 3.05) is 5.32 Å². The SMILES string of the molecule is Cc1nn(C)cc1Cc1ncc(-c2ccc(CC(=O)Nc3cc(C4(C(F)(F)F)CC4)on3)c(F)c2)cn1. The maximum absolute atomic E-state index is 14.8. The standard InChI is InChI=1S/C25H22F4N6O2/c1-14-17(13-35(2)33-14)8-21-30-11-18(12-31-21)15-3-4-16(19(26)7-15)9-23(36)32-22-10-20(37-34-22)24(5-6-24)25(27,28)29/h3-4,7,10-13H,5-6,8-9H2,1-2H3,(H,32,34,36). The second-order valence-electron chi connectivity index (χ2n) is 9.17. The van der Waals surface area contributed by atoms with Crippen LogP contribution in [-0.2, 0) is 30.1 Å². The number of anilines is 1. The van der Waals surface area contributed by atoms with E-state index in [0.29, 0.717) is 23.4 Å². The number of halogens is 4. The molecule has 1 aromatic carbocycles. The molecule has 1 aliphatic carbocycles. The number of alkyl halides is 3. The summed E-state index contributed by atoms with van der Waals surface area (Å²) in [6.07, 6.45) is 0.664. The van der Waals surface area contributed by atoms with Crippen LogP contribution in [0.15, 0.2) is 47.4 Å². The Morgan fingerprint density at radius 2 is 1.86 bits per heavy atom. The second-order valence-corrected chi connectivity index (χ2v) is 9.17. The molecule has 0 spiro atoms. The molecule has 0 atom stereocenters. The fourth-order valence-corrected chi connectivity index (χ4v) is 4.17. The van der Waals surface area contributed by atoms with Gasteiger partial charge in [-0.15, -0.1) is 0 Å². The third kappa shape index (κ3) is 4.95. The summed E-state index contributed by atoms with van der Waals surface area (Å²) in [5.41, 5.74) is 1.13. The molecule has 1 N–H and O–H groups in total. The van der Waals surface area contributed by atoms with E-state index in [1.807, 2.05) is 20.2 Å². The molecule has 1 amide bonds. The molecule has 37 heavy (non-hydrogen) atoms. The molecule has 1 fully saturated rings. The third-order valence-electron chi connectivity index (χ3n) is 6.45. The summed E-state index contributed by atoms with van der Waals surface area (Å²) in [6.45, 7) is 1.91. The van der Waals surface area contributed by atoms with E-state index in [0.717, 1.165) is 17.3 Å². The molecular formula is C25H22F4N6O2. The van der Waals surface area contributed by atoms with Crippen molar-refractivity contribution in [3.05, 3.63) is 77.1 Å². The molecule has 12 heteroatoms. The highest BCUT2D eigenvalue weighted by molar-refractivity contribution is 5.91. The predicted molar refractivity (Wildman–Crippen MR) is 124 cm³/mol. The molecule has 5 rings (SSSR count). The van der Waals surface area contributed by atoms with E-state index in [9.17, 15) is 22.4 Å². The quantitative estimate of drug-likeness (QED) is 0.360. The average Bonchev–Trinajstić information content (AvgIpc) is 3.44. The molecule has 3 heterocycles. The number of amides is 1. The van der Waals surface area contributed by atoms with Crippen LogP contribution in [0.25, 0.3) is 11.1 Å². The summed E-state index contributed by atoms with van der Waals surface area (Å²) in [5.74, 6) is -1.13. The van der Waals surface area contributed by atoms with Crippen molar-refractivity contribution in [1.29, 1.82) is 0 Å². The van der Waals surface area contributed by atoms with Crippen LogP contribution in [0.2, 0.25) is 0 Å². The van der Waals surface area contributed by atoms with Crippen LogP contribution in [-0.4, -0.2) is 37.0 Å². The number of aryl methyl sites for hydroxylation is 2. The zero-order valence-corrected chi connectivity index (χ0v) is 19.9. The van der Waals surface area contributed by atoms with Gasteiger partial charge in [0.2, 0.25) is 5.91 Å². The minimum absolute atomic E-state index is 0.0887. The van der Waals surface area contributed by atoms with Gasteiger partial charge in [-0.1, -0.05) is 17.3 Å². The summed E-state index contributed by atoms with van der Waals surface area (Å²) in [7, 11) is 1.84. The maximum atomic E-state index is 14.8. The Balaban J connectivity index is 1.22. The van der Waals surface area contributed by atoms with Gasteiger partial charge in [0.05, 0.1) is 12.1 Å². The van der Waals surface area contributed by atoms with Gasteiger partial charge in [-0.2, -0.15) is 18.3 Å². The lowest BCUT2D eigenvalue weighted by atomic mass is 10.0. The van der Waals surface area contributed by atoms with Crippen molar-refractivity contribution in [2.45, 2.75) is 44.2 Å². The predicted octanol–water partition coefficient (Wildman–Crippen LogP) is 4.68. The first-order valence-electron chi connectivity index (χ1n) is 11.5. The molecule has 1 aliphatic rings. The van der Waals surface area contributed by atoms with Gasteiger partial charge >= 0.3 is 6.18 Å². The molecule has 8 nitrogen and oxygen atoms in total. The third-order valence-corrected chi connectivity index (χ3v) is 6.45. The average molecular weight is 514 g/mol. The second kappa shape index (κ2) is 9.09. The lowest BCUT2D eigenvalue weighted by Gasteiger charge is -2.14. The van der Waals surface area contributed by atoms with Crippen LogP contribution in [0, 0.1) is 12.7 Å². The number of carbonyl (C=O) groups excluding carboxylic acids is 1. The highest BCUT2D eigenvalue weighted by Crippen LogP contribution is 2.59. The first-order valence-corrected chi connectivity index (χ1v) is 11.5.